The highest BCUT2D eigenvalue weighted by molar-refractivity contribution is 7.80. The zero-order valence-electron chi connectivity index (χ0n) is 7.22. The first kappa shape index (κ1) is 9.39. The van der Waals surface area contributed by atoms with Gasteiger partial charge in [-0.2, -0.15) is 8.42 Å². The Morgan fingerprint density at radius 2 is 1.92 bits per heavy atom. The molecule has 5 nitrogen and oxygen atoms in total. The third-order valence-electron chi connectivity index (χ3n) is 2.82. The maximum Gasteiger partial charge on any atom is 0.398 e. The Kier molecular flexibility index (Phi) is 2.31. The van der Waals surface area contributed by atoms with Gasteiger partial charge in [-0.05, 0) is 25.2 Å². The molecule has 3 rings (SSSR count). The first-order chi connectivity index (χ1) is 6.04. The Balaban J connectivity index is 2.01. The Morgan fingerprint density at radius 1 is 1.31 bits per heavy atom. The van der Waals surface area contributed by atoms with Gasteiger partial charge in [-0.1, -0.05) is 0 Å². The molecule has 1 unspecified atom stereocenters. The largest absolute Gasteiger partial charge is 0.398 e. The quantitative estimate of drug-likeness (QED) is 0.657. The van der Waals surface area contributed by atoms with Gasteiger partial charge in [-0.3, -0.25) is 9.45 Å². The molecule has 3 aliphatic rings. The van der Waals surface area contributed by atoms with Crippen molar-refractivity contribution in [2.45, 2.75) is 25.5 Å². The van der Waals surface area contributed by atoms with Crippen molar-refractivity contribution in [2.75, 3.05) is 13.1 Å². The number of hydrogen-bond donors (Lipinski definition) is 1. The van der Waals surface area contributed by atoms with E-state index in [9.17, 15) is 8.42 Å². The van der Waals surface area contributed by atoms with Gasteiger partial charge >= 0.3 is 10.4 Å². The van der Waals surface area contributed by atoms with Crippen molar-refractivity contribution in [3.05, 3.63) is 0 Å². The maximum atomic E-state index is 10.5. The van der Waals surface area contributed by atoms with Crippen LogP contribution in [0.1, 0.15) is 19.3 Å². The van der Waals surface area contributed by atoms with E-state index in [2.05, 4.69) is 4.18 Å². The summed E-state index contributed by atoms with van der Waals surface area (Å²) in [6, 6.07) is 0. The number of fused-ring (bicyclic) bond motifs is 3. The van der Waals surface area contributed by atoms with Crippen molar-refractivity contribution in [1.29, 1.82) is 0 Å². The Hall–Kier alpha value is -0.170. The molecule has 1 N–H and O–H groups in total. The third-order valence-corrected chi connectivity index (χ3v) is 3.29. The van der Waals surface area contributed by atoms with Crippen LogP contribution in [0.3, 0.4) is 0 Å². The molecule has 0 saturated carbocycles. The van der Waals surface area contributed by atoms with Crippen LogP contribution in [0.2, 0.25) is 0 Å². The van der Waals surface area contributed by atoms with Crippen molar-refractivity contribution in [3.8, 4) is 0 Å². The van der Waals surface area contributed by atoms with Crippen LogP contribution in [-0.4, -0.2) is 37.2 Å². The molecule has 0 aromatic carbocycles. The summed E-state index contributed by atoms with van der Waals surface area (Å²) in [4.78, 5) is 1.97. The number of nitrogens with zero attached hydrogens (tertiary/aromatic N) is 1. The van der Waals surface area contributed by atoms with Crippen molar-refractivity contribution in [1.82, 2.24) is 4.90 Å². The zero-order valence-corrected chi connectivity index (χ0v) is 8.03. The van der Waals surface area contributed by atoms with Gasteiger partial charge in [0.15, 0.2) is 0 Å². The van der Waals surface area contributed by atoms with Crippen LogP contribution in [0.15, 0.2) is 0 Å². The fraction of sp³-hybridized carbons (Fsp3) is 1.00. The molecule has 3 saturated heterocycles. The lowest BCUT2D eigenvalue weighted by atomic mass is 9.87. The molecule has 0 spiro atoms. The van der Waals surface area contributed by atoms with Crippen molar-refractivity contribution < 1.29 is 17.2 Å². The summed E-state index contributed by atoms with van der Waals surface area (Å²) in [7, 11) is -4.29. The highest BCUT2D eigenvalue weighted by Crippen LogP contribution is 2.32. The molecule has 6 heteroatoms. The van der Waals surface area contributed by atoms with Gasteiger partial charge in [0.25, 0.3) is 0 Å². The predicted molar refractivity (Wildman–Crippen MR) is 45.3 cm³/mol. The molecule has 0 aromatic rings. The van der Waals surface area contributed by atoms with E-state index in [1.165, 1.54) is 0 Å². The second-order valence-electron chi connectivity index (χ2n) is 3.69. The van der Waals surface area contributed by atoms with Crippen LogP contribution in [0, 0.1) is 5.92 Å². The molecule has 0 radical (unpaired) electrons. The van der Waals surface area contributed by atoms with Crippen molar-refractivity contribution in [3.63, 3.8) is 0 Å². The third kappa shape index (κ3) is 2.19. The molecule has 0 amide bonds. The minimum Gasteiger partial charge on any atom is -0.277 e. The van der Waals surface area contributed by atoms with E-state index in [0.717, 1.165) is 32.4 Å². The molecule has 0 aliphatic carbocycles. The highest BCUT2D eigenvalue weighted by Gasteiger charge is 2.36. The molecule has 3 fully saturated rings. The second kappa shape index (κ2) is 3.20. The summed E-state index contributed by atoms with van der Waals surface area (Å²) >= 11 is 0. The molecule has 0 aromatic heterocycles. The van der Waals surface area contributed by atoms with Gasteiger partial charge in [-0.25, -0.2) is 4.18 Å². The van der Waals surface area contributed by atoms with E-state index < -0.39 is 16.6 Å². The molecule has 3 aliphatic heterocycles. The minimum absolute atomic E-state index is 0.428. The Labute approximate surface area is 77.6 Å². The van der Waals surface area contributed by atoms with Crippen LogP contribution in [-0.2, 0) is 14.6 Å². The van der Waals surface area contributed by atoms with Crippen molar-refractivity contribution in [2.24, 2.45) is 5.92 Å². The van der Waals surface area contributed by atoms with E-state index in [0.29, 0.717) is 5.92 Å². The first-order valence-corrected chi connectivity index (χ1v) is 5.81. The Bertz CT molecular complexity index is 281. The average molecular weight is 207 g/mol. The van der Waals surface area contributed by atoms with Gasteiger partial charge in [-0.15, -0.1) is 0 Å². The van der Waals surface area contributed by atoms with Gasteiger partial charge in [0, 0.05) is 13.1 Å². The molecular weight excluding hydrogens is 194 g/mol. The fourth-order valence-electron chi connectivity index (χ4n) is 2.15. The summed E-state index contributed by atoms with van der Waals surface area (Å²) in [5, 5.41) is 0. The van der Waals surface area contributed by atoms with Crippen LogP contribution in [0.4, 0.5) is 0 Å². The number of hydrogen-bond acceptors (Lipinski definition) is 4. The summed E-state index contributed by atoms with van der Waals surface area (Å²) in [5.41, 5.74) is 0. The normalized spacial score (nSPS) is 39.3. The van der Waals surface area contributed by atoms with E-state index in [1.54, 1.807) is 0 Å². The Morgan fingerprint density at radius 3 is 2.31 bits per heavy atom. The van der Waals surface area contributed by atoms with Gasteiger partial charge in [0.05, 0.1) is 0 Å². The molecule has 76 valence electrons. The molecule has 1 atom stereocenters. The van der Waals surface area contributed by atoms with Gasteiger partial charge < -0.3 is 0 Å². The summed E-state index contributed by atoms with van der Waals surface area (Å²) < 4.78 is 34.1. The molecular formula is C7H13NO4S. The fourth-order valence-corrected chi connectivity index (χ4v) is 2.63. The van der Waals surface area contributed by atoms with Crippen LogP contribution in [0.5, 0.6) is 0 Å². The van der Waals surface area contributed by atoms with Crippen LogP contribution in [0.25, 0.3) is 0 Å². The average Bonchev–Trinajstić information content (AvgIpc) is 2.03. The van der Waals surface area contributed by atoms with E-state index >= 15 is 0 Å². The minimum atomic E-state index is -4.29. The molecule has 2 bridgehead atoms. The highest BCUT2D eigenvalue weighted by atomic mass is 32.3. The molecule has 13 heavy (non-hydrogen) atoms. The van der Waals surface area contributed by atoms with Crippen LogP contribution >= 0.6 is 0 Å². The summed E-state index contributed by atoms with van der Waals surface area (Å²) in [6.07, 6.45) is 2.53. The molecule has 3 heterocycles. The van der Waals surface area contributed by atoms with Gasteiger partial charge in [0.2, 0.25) is 0 Å². The lowest BCUT2D eigenvalue weighted by Crippen LogP contribution is -2.50. The van der Waals surface area contributed by atoms with E-state index in [1.807, 2.05) is 4.90 Å². The van der Waals surface area contributed by atoms with Gasteiger partial charge in [0.1, 0.15) is 6.23 Å². The van der Waals surface area contributed by atoms with E-state index in [-0.39, 0.29) is 0 Å². The SMILES string of the molecule is O=S(=O)(O)OC1CC2CCN1CC2. The number of rotatable bonds is 2. The lowest BCUT2D eigenvalue weighted by Gasteiger charge is -2.43. The maximum absolute atomic E-state index is 10.5. The number of piperidine rings is 3. The first-order valence-electron chi connectivity index (χ1n) is 4.44. The summed E-state index contributed by atoms with van der Waals surface area (Å²) in [5.74, 6) is 0.566. The second-order valence-corrected chi connectivity index (χ2v) is 4.74. The predicted octanol–water partition coefficient (Wildman–Crippen LogP) is 0.248. The standard InChI is InChI=1S/C7H13NO4S/c9-13(10,11)12-7-5-6-1-3-8(7)4-2-6/h6-7H,1-5H2,(H,9,10,11). The lowest BCUT2D eigenvalue weighted by molar-refractivity contribution is -0.0617. The van der Waals surface area contributed by atoms with Crippen LogP contribution < -0.4 is 0 Å². The zero-order chi connectivity index (χ0) is 9.47. The van der Waals surface area contributed by atoms with Crippen molar-refractivity contribution >= 4 is 10.4 Å². The topological polar surface area (TPSA) is 66.8 Å². The summed E-state index contributed by atoms with van der Waals surface area (Å²) in [6.45, 7) is 1.76. The smallest absolute Gasteiger partial charge is 0.277 e. The monoisotopic (exact) mass is 207 g/mol. The van der Waals surface area contributed by atoms with E-state index in [4.69, 9.17) is 4.55 Å².